The largest absolute Gasteiger partial charge is 0.496 e. The third-order valence-electron chi connectivity index (χ3n) is 1.82. The molecule has 0 aliphatic heterocycles. The molecule has 0 saturated heterocycles. The van der Waals surface area contributed by atoms with Crippen molar-refractivity contribution in [1.29, 1.82) is 0 Å². The molecule has 0 amide bonds. The number of ether oxygens (including phenoxy) is 1. The Hall–Kier alpha value is -0.590. The Morgan fingerprint density at radius 3 is 2.53 bits per heavy atom. The Bertz CT molecular complexity index is 392. The van der Waals surface area contributed by atoms with Crippen LogP contribution in [0.2, 0.25) is 0 Å². The number of benzene rings is 1. The predicted molar refractivity (Wildman–Crippen MR) is 61.0 cm³/mol. The fraction of sp³-hybridized carbons (Fsp3) is 0.222. The van der Waals surface area contributed by atoms with Gasteiger partial charge in [-0.05, 0) is 28.1 Å². The third kappa shape index (κ3) is 2.50. The van der Waals surface area contributed by atoms with E-state index in [1.165, 1.54) is 7.11 Å². The van der Waals surface area contributed by atoms with Gasteiger partial charge >= 0.3 is 5.97 Å². The highest BCUT2D eigenvalue weighted by Gasteiger charge is 2.23. The van der Waals surface area contributed by atoms with Crippen molar-refractivity contribution in [3.63, 3.8) is 0 Å². The lowest BCUT2D eigenvalue weighted by atomic mass is 10.1. The van der Waals surface area contributed by atoms with Crippen molar-refractivity contribution >= 4 is 37.8 Å². The molecule has 0 bridgehead atoms. The molecule has 1 atom stereocenters. The number of carbonyl (C=O) groups is 1. The summed E-state index contributed by atoms with van der Waals surface area (Å²) in [5.41, 5.74) is 0.238. The molecule has 0 spiro atoms. The zero-order valence-electron chi connectivity index (χ0n) is 7.70. The molecule has 15 heavy (non-hydrogen) atoms. The number of carboxylic acid groups (broad SMARTS) is 1. The van der Waals surface area contributed by atoms with E-state index in [0.717, 1.165) is 0 Å². The Balaban J connectivity index is 3.32. The first-order chi connectivity index (χ1) is 6.99. The summed E-state index contributed by atoms with van der Waals surface area (Å²) in [5.74, 6) is -0.849. The molecule has 0 saturated carbocycles. The molecule has 0 radical (unpaired) electrons. The summed E-state index contributed by atoms with van der Waals surface area (Å²) in [5, 5.41) is 18.2. The van der Waals surface area contributed by atoms with E-state index in [0.29, 0.717) is 14.7 Å². The van der Waals surface area contributed by atoms with Gasteiger partial charge in [0.1, 0.15) is 5.75 Å². The van der Waals surface area contributed by atoms with Gasteiger partial charge in [0.2, 0.25) is 0 Å². The maximum atomic E-state index is 10.7. The molecule has 6 heteroatoms. The summed E-state index contributed by atoms with van der Waals surface area (Å²) in [7, 11) is 1.46. The van der Waals surface area contributed by atoms with Crippen LogP contribution in [0.1, 0.15) is 11.7 Å². The Labute approximate surface area is 103 Å². The minimum absolute atomic E-state index is 0.238. The maximum absolute atomic E-state index is 10.7. The summed E-state index contributed by atoms with van der Waals surface area (Å²) < 4.78 is 5.93. The van der Waals surface area contributed by atoms with Crippen molar-refractivity contribution in [3.8, 4) is 5.75 Å². The summed E-state index contributed by atoms with van der Waals surface area (Å²) in [6.45, 7) is 0. The van der Waals surface area contributed by atoms with Gasteiger partial charge in [-0.3, -0.25) is 0 Å². The average Bonchev–Trinajstić information content (AvgIpc) is 2.17. The lowest BCUT2D eigenvalue weighted by Gasteiger charge is -2.13. The van der Waals surface area contributed by atoms with Crippen LogP contribution in [0.25, 0.3) is 0 Å². The second-order valence-electron chi connectivity index (χ2n) is 2.72. The van der Waals surface area contributed by atoms with Crippen molar-refractivity contribution in [3.05, 3.63) is 26.6 Å². The van der Waals surface area contributed by atoms with Crippen molar-refractivity contribution in [2.24, 2.45) is 0 Å². The van der Waals surface area contributed by atoms with Gasteiger partial charge in [-0.1, -0.05) is 15.9 Å². The lowest BCUT2D eigenvalue weighted by Crippen LogP contribution is -2.12. The molecule has 0 aliphatic carbocycles. The standard InChI is InChI=1S/C9H8Br2O4/c1-15-5-3-2-4(10)6(7(5)11)8(12)9(13)14/h2-3,8,12H,1H3,(H,13,14). The predicted octanol–water partition coefficient (Wildman–Crippen LogP) is 2.34. The molecule has 0 heterocycles. The van der Waals surface area contributed by atoms with Crippen LogP contribution in [-0.4, -0.2) is 23.3 Å². The molecule has 1 unspecified atom stereocenters. The van der Waals surface area contributed by atoms with E-state index in [9.17, 15) is 9.90 Å². The Morgan fingerprint density at radius 1 is 1.47 bits per heavy atom. The third-order valence-corrected chi connectivity index (χ3v) is 3.33. The molecule has 2 N–H and O–H groups in total. The second kappa shape index (κ2) is 4.96. The summed E-state index contributed by atoms with van der Waals surface area (Å²) in [6.07, 6.45) is -1.59. The van der Waals surface area contributed by atoms with Gasteiger partial charge in [0.15, 0.2) is 6.10 Å². The van der Waals surface area contributed by atoms with Gasteiger partial charge in [-0.2, -0.15) is 0 Å². The second-order valence-corrected chi connectivity index (χ2v) is 4.37. The van der Waals surface area contributed by atoms with E-state index >= 15 is 0 Å². The smallest absolute Gasteiger partial charge is 0.337 e. The fourth-order valence-electron chi connectivity index (χ4n) is 1.08. The number of hydrogen-bond acceptors (Lipinski definition) is 3. The first-order valence-corrected chi connectivity index (χ1v) is 5.50. The van der Waals surface area contributed by atoms with Crippen LogP contribution in [0.15, 0.2) is 21.1 Å². The molecule has 82 valence electrons. The number of aliphatic hydroxyl groups is 1. The van der Waals surface area contributed by atoms with Gasteiger partial charge in [0, 0.05) is 10.0 Å². The van der Waals surface area contributed by atoms with Gasteiger partial charge in [0.25, 0.3) is 0 Å². The number of aliphatic carboxylic acids is 1. The van der Waals surface area contributed by atoms with Gasteiger partial charge < -0.3 is 14.9 Å². The van der Waals surface area contributed by atoms with Gasteiger partial charge in [-0.15, -0.1) is 0 Å². The highest BCUT2D eigenvalue weighted by molar-refractivity contribution is 9.11. The van der Waals surface area contributed by atoms with Crippen LogP contribution in [0.5, 0.6) is 5.75 Å². The van der Waals surface area contributed by atoms with Gasteiger partial charge in [0.05, 0.1) is 11.6 Å². The number of methoxy groups -OCH3 is 1. The van der Waals surface area contributed by atoms with Crippen LogP contribution < -0.4 is 4.74 Å². The van der Waals surface area contributed by atoms with E-state index < -0.39 is 12.1 Å². The maximum Gasteiger partial charge on any atom is 0.337 e. The van der Waals surface area contributed by atoms with Crippen LogP contribution in [0, 0.1) is 0 Å². The topological polar surface area (TPSA) is 66.8 Å². The van der Waals surface area contributed by atoms with Crippen LogP contribution in [0.3, 0.4) is 0 Å². The minimum atomic E-state index is -1.59. The number of rotatable bonds is 3. The molecule has 1 rings (SSSR count). The first-order valence-electron chi connectivity index (χ1n) is 3.91. The molecule has 1 aromatic carbocycles. The van der Waals surface area contributed by atoms with Crippen molar-refractivity contribution in [1.82, 2.24) is 0 Å². The highest BCUT2D eigenvalue weighted by Crippen LogP contribution is 2.37. The Morgan fingerprint density at radius 2 is 2.07 bits per heavy atom. The molecule has 4 nitrogen and oxygen atoms in total. The van der Waals surface area contributed by atoms with Crippen molar-refractivity contribution in [2.75, 3.05) is 7.11 Å². The van der Waals surface area contributed by atoms with E-state index in [4.69, 9.17) is 9.84 Å². The fourth-order valence-corrected chi connectivity index (χ4v) is 2.62. The number of carboxylic acids is 1. The quantitative estimate of drug-likeness (QED) is 0.887. The normalized spacial score (nSPS) is 12.3. The zero-order valence-corrected chi connectivity index (χ0v) is 10.9. The van der Waals surface area contributed by atoms with Crippen LogP contribution in [0.4, 0.5) is 0 Å². The molecule has 1 aromatic rings. The van der Waals surface area contributed by atoms with E-state index in [2.05, 4.69) is 31.9 Å². The summed E-state index contributed by atoms with van der Waals surface area (Å²) >= 11 is 6.35. The number of halogens is 2. The molecule has 0 aromatic heterocycles. The minimum Gasteiger partial charge on any atom is -0.496 e. The monoisotopic (exact) mass is 338 g/mol. The summed E-state index contributed by atoms with van der Waals surface area (Å²) in [6, 6.07) is 3.28. The van der Waals surface area contributed by atoms with Crippen LogP contribution >= 0.6 is 31.9 Å². The molecule has 0 aliphatic rings. The summed E-state index contributed by atoms with van der Waals surface area (Å²) in [4.78, 5) is 10.7. The Kier molecular flexibility index (Phi) is 4.12. The SMILES string of the molecule is COc1ccc(Br)c(C(O)C(=O)O)c1Br. The van der Waals surface area contributed by atoms with Crippen molar-refractivity contribution in [2.45, 2.75) is 6.10 Å². The highest BCUT2D eigenvalue weighted by atomic mass is 79.9. The zero-order chi connectivity index (χ0) is 11.6. The molecule has 0 fully saturated rings. The van der Waals surface area contributed by atoms with E-state index in [1.807, 2.05) is 0 Å². The van der Waals surface area contributed by atoms with Crippen molar-refractivity contribution < 1.29 is 19.7 Å². The average molecular weight is 340 g/mol. The number of aliphatic hydroxyl groups excluding tert-OH is 1. The number of hydrogen-bond donors (Lipinski definition) is 2. The lowest BCUT2D eigenvalue weighted by molar-refractivity contribution is -0.147. The van der Waals surface area contributed by atoms with E-state index in [-0.39, 0.29) is 5.56 Å². The van der Waals surface area contributed by atoms with Gasteiger partial charge in [-0.25, -0.2) is 4.79 Å². The molecular weight excluding hydrogens is 332 g/mol. The van der Waals surface area contributed by atoms with E-state index in [1.54, 1.807) is 12.1 Å². The molecular formula is C9H8Br2O4. The first kappa shape index (κ1) is 12.5. The van der Waals surface area contributed by atoms with Crippen LogP contribution in [-0.2, 0) is 4.79 Å².